The van der Waals surface area contributed by atoms with E-state index in [0.717, 1.165) is 40.5 Å². The van der Waals surface area contributed by atoms with Crippen LogP contribution in [0, 0.1) is 6.92 Å². The van der Waals surface area contributed by atoms with Crippen molar-refractivity contribution >= 4 is 90.5 Å². The molecule has 10 aromatic rings. The van der Waals surface area contributed by atoms with Crippen molar-refractivity contribution in [1.82, 2.24) is 0 Å². The zero-order valence-electron chi connectivity index (χ0n) is 45.6. The van der Waals surface area contributed by atoms with E-state index in [1.54, 1.807) is 0 Å². The average Bonchev–Trinajstić information content (AvgIpc) is 4.07. The van der Waals surface area contributed by atoms with Crippen LogP contribution in [-0.4, -0.2) is 12.3 Å². The molecule has 0 saturated heterocycles. The zero-order valence-corrected chi connectivity index (χ0v) is 45.6. The number of benzene rings is 9. The van der Waals surface area contributed by atoms with Gasteiger partial charge < -0.3 is 19.1 Å². The maximum atomic E-state index is 6.64. The van der Waals surface area contributed by atoms with Gasteiger partial charge in [0.15, 0.2) is 0 Å². The maximum Gasteiger partial charge on any atom is 0.252 e. The first-order valence-corrected chi connectivity index (χ1v) is 27.7. The molecule has 0 bridgehead atoms. The van der Waals surface area contributed by atoms with Crippen LogP contribution in [0.25, 0.3) is 44.2 Å². The fraction of sp³-hybridized carbons (Fsp3) is 0.239. The maximum absolute atomic E-state index is 6.64. The molecule has 14 rings (SSSR count). The second kappa shape index (κ2) is 16.6. The molecule has 0 spiro atoms. The summed E-state index contributed by atoms with van der Waals surface area (Å²) in [4.78, 5) is 7.97. The summed E-state index contributed by atoms with van der Waals surface area (Å²) >= 11 is 0. The van der Waals surface area contributed by atoms with E-state index in [2.05, 4.69) is 265 Å². The molecule has 1 aliphatic carbocycles. The van der Waals surface area contributed by atoms with Crippen LogP contribution >= 0.6 is 0 Å². The van der Waals surface area contributed by atoms with Crippen molar-refractivity contribution in [2.75, 3.05) is 14.7 Å². The lowest BCUT2D eigenvalue weighted by Gasteiger charge is -2.50. The fourth-order valence-electron chi connectivity index (χ4n) is 14.1. The molecule has 4 nitrogen and oxygen atoms in total. The Morgan fingerprint density at radius 2 is 1.09 bits per heavy atom. The van der Waals surface area contributed by atoms with E-state index in [9.17, 15) is 0 Å². The molecule has 1 saturated carbocycles. The summed E-state index contributed by atoms with van der Waals surface area (Å²) in [6, 6.07) is 71.7. The summed E-state index contributed by atoms with van der Waals surface area (Å²) in [5, 5.41) is 2.27. The first-order chi connectivity index (χ1) is 36.6. The van der Waals surface area contributed by atoms with Gasteiger partial charge >= 0.3 is 0 Å². The number of hydrogen-bond acceptors (Lipinski definition) is 4. The van der Waals surface area contributed by atoms with Crippen LogP contribution in [0.3, 0.4) is 0 Å². The molecule has 3 aliphatic heterocycles. The summed E-state index contributed by atoms with van der Waals surface area (Å²) in [5.74, 6) is 0. The van der Waals surface area contributed by atoms with E-state index in [-0.39, 0.29) is 28.5 Å². The Labute approximate surface area is 449 Å². The first kappa shape index (κ1) is 46.8. The van der Waals surface area contributed by atoms with Gasteiger partial charge in [0.05, 0.1) is 11.2 Å². The van der Waals surface area contributed by atoms with Gasteiger partial charge in [0.1, 0.15) is 11.2 Å². The minimum atomic E-state index is -0.137. The number of aryl methyl sites for hydroxylation is 1. The van der Waals surface area contributed by atoms with Gasteiger partial charge in [-0.05, 0) is 166 Å². The van der Waals surface area contributed by atoms with E-state index < -0.39 is 0 Å². The highest BCUT2D eigenvalue weighted by Crippen LogP contribution is 2.62. The van der Waals surface area contributed by atoms with Gasteiger partial charge in [-0.3, -0.25) is 0 Å². The Kier molecular flexibility index (Phi) is 10.2. The minimum absolute atomic E-state index is 0.0383. The number of hydrogen-bond donors (Lipinski definition) is 0. The monoisotopic (exact) mass is 988 g/mol. The summed E-state index contributed by atoms with van der Waals surface area (Å²) in [6.07, 6.45) is 4.73. The molecule has 0 radical (unpaired) electrons. The minimum Gasteiger partial charge on any atom is -0.456 e. The Hall–Kier alpha value is -7.76. The predicted octanol–water partition coefficient (Wildman–Crippen LogP) is 17.6. The van der Waals surface area contributed by atoms with E-state index in [1.807, 2.05) is 0 Å². The second-order valence-electron chi connectivity index (χ2n) is 25.0. The third kappa shape index (κ3) is 6.89. The van der Waals surface area contributed by atoms with Gasteiger partial charge in [0.25, 0.3) is 6.71 Å². The molecule has 9 aromatic carbocycles. The van der Waals surface area contributed by atoms with Crippen molar-refractivity contribution in [3.63, 3.8) is 0 Å². The van der Waals surface area contributed by atoms with Crippen molar-refractivity contribution in [2.24, 2.45) is 0 Å². The van der Waals surface area contributed by atoms with Crippen LogP contribution in [0.4, 0.5) is 45.5 Å². The molecular formula is C71H66BN3O. The summed E-state index contributed by atoms with van der Waals surface area (Å²) in [6.45, 7) is 21.4. The molecular weight excluding hydrogens is 922 g/mol. The molecule has 0 N–H and O–H groups in total. The molecule has 0 amide bonds. The number of furan rings is 1. The van der Waals surface area contributed by atoms with E-state index in [1.165, 1.54) is 114 Å². The molecule has 1 aromatic heterocycles. The van der Waals surface area contributed by atoms with Crippen LogP contribution in [0.15, 0.2) is 192 Å². The highest BCUT2D eigenvalue weighted by Gasteiger charge is 2.58. The predicted molar refractivity (Wildman–Crippen MR) is 324 cm³/mol. The molecule has 5 heteroatoms. The Bertz CT molecular complexity index is 3990. The van der Waals surface area contributed by atoms with E-state index in [4.69, 9.17) is 4.42 Å². The second-order valence-corrected chi connectivity index (χ2v) is 25.0. The zero-order chi connectivity index (χ0) is 52.0. The van der Waals surface area contributed by atoms with Crippen molar-refractivity contribution in [3.05, 3.63) is 210 Å². The SMILES string of the molecule is Cc1cc2c3c(c1)N(c1ccc(C(C)(C)C)cc1-c1ccccc1)c1cc(N4c5ccc(-c6ccccc6)cc5C5(C)CCCCC45C)ccc1B3c1cc(C(C)(C)C)ccc1N2c1ccc2c(c1)oc1ccccc12. The molecule has 4 aliphatic rings. The lowest BCUT2D eigenvalue weighted by Crippen LogP contribution is -2.61. The standard InChI is InChI=1S/C71H66BN3O/c1-45-38-63-67-64(39-45)74(59-34-27-49(68(2,3)4)41-55(59)47-22-14-11-15-23-47)62-43-52(75-60-33-26-48(46-20-12-10-13-21-46)40-56(60)70(8)36-18-19-37-71(70,75)9)30-32-57(62)72(67)58-42-50(69(5,6)7)28-35-61(58)73(63)51-29-31-54-53-24-16-17-25-65(53)76-66(54)44-51/h10-17,20-35,38-44H,18-19,36-37H2,1-9H3. The van der Waals surface area contributed by atoms with Gasteiger partial charge in [0, 0.05) is 67.6 Å². The third-order valence-corrected chi connectivity index (χ3v) is 18.3. The number of para-hydroxylation sites is 1. The number of anilines is 8. The van der Waals surface area contributed by atoms with Crippen LogP contribution < -0.4 is 31.1 Å². The molecule has 76 heavy (non-hydrogen) atoms. The van der Waals surface area contributed by atoms with Gasteiger partial charge in [-0.15, -0.1) is 0 Å². The molecule has 1 fully saturated rings. The van der Waals surface area contributed by atoms with Crippen LogP contribution in [0.2, 0.25) is 0 Å². The fourth-order valence-corrected chi connectivity index (χ4v) is 14.1. The normalized spacial score (nSPS) is 18.6. The van der Waals surface area contributed by atoms with Gasteiger partial charge in [-0.25, -0.2) is 0 Å². The van der Waals surface area contributed by atoms with E-state index >= 15 is 0 Å². The van der Waals surface area contributed by atoms with Gasteiger partial charge in [-0.1, -0.05) is 171 Å². The van der Waals surface area contributed by atoms with E-state index in [0.29, 0.717) is 0 Å². The van der Waals surface area contributed by atoms with Crippen LogP contribution in [0.1, 0.15) is 103 Å². The Balaban J connectivity index is 1.05. The Morgan fingerprint density at radius 1 is 0.461 bits per heavy atom. The van der Waals surface area contributed by atoms with Crippen molar-refractivity contribution in [3.8, 4) is 22.3 Å². The summed E-state index contributed by atoms with van der Waals surface area (Å²) in [7, 11) is 0. The lowest BCUT2D eigenvalue weighted by molar-refractivity contribution is 0.195. The van der Waals surface area contributed by atoms with Crippen molar-refractivity contribution in [2.45, 2.75) is 110 Å². The summed E-state index contributed by atoms with van der Waals surface area (Å²) < 4.78 is 6.64. The van der Waals surface area contributed by atoms with Crippen LogP contribution in [0.5, 0.6) is 0 Å². The molecule has 2 atom stereocenters. The van der Waals surface area contributed by atoms with Crippen molar-refractivity contribution < 1.29 is 4.42 Å². The topological polar surface area (TPSA) is 22.9 Å². The summed E-state index contributed by atoms with van der Waals surface area (Å²) in [5.41, 5.74) is 25.5. The quantitative estimate of drug-likeness (QED) is 0.160. The van der Waals surface area contributed by atoms with Gasteiger partial charge in [0.2, 0.25) is 0 Å². The van der Waals surface area contributed by atoms with Crippen LogP contribution in [-0.2, 0) is 16.2 Å². The average molecular weight is 988 g/mol. The highest BCUT2D eigenvalue weighted by molar-refractivity contribution is 7.00. The third-order valence-electron chi connectivity index (χ3n) is 18.3. The number of rotatable bonds is 5. The molecule has 4 heterocycles. The number of fused-ring (bicyclic) bond motifs is 10. The number of nitrogens with zero attached hydrogens (tertiary/aromatic N) is 3. The first-order valence-electron chi connectivity index (χ1n) is 27.7. The highest BCUT2D eigenvalue weighted by atomic mass is 16.3. The molecule has 374 valence electrons. The lowest BCUT2D eigenvalue weighted by atomic mass is 9.33. The Morgan fingerprint density at radius 3 is 1.84 bits per heavy atom. The van der Waals surface area contributed by atoms with Crippen molar-refractivity contribution in [1.29, 1.82) is 0 Å². The largest absolute Gasteiger partial charge is 0.456 e. The van der Waals surface area contributed by atoms with Gasteiger partial charge in [-0.2, -0.15) is 0 Å². The smallest absolute Gasteiger partial charge is 0.252 e. The molecule has 2 unspecified atom stereocenters.